The van der Waals surface area contributed by atoms with Gasteiger partial charge in [-0.05, 0) is 18.9 Å². The molecule has 0 saturated carbocycles. The number of ether oxygens (including phenoxy) is 1. The lowest BCUT2D eigenvalue weighted by atomic mass is 9.93. The van der Waals surface area contributed by atoms with Crippen LogP contribution in [0, 0.1) is 5.92 Å². The van der Waals surface area contributed by atoms with Crippen LogP contribution in [0.5, 0.6) is 0 Å². The zero-order chi connectivity index (χ0) is 13.0. The van der Waals surface area contributed by atoms with Gasteiger partial charge in [-0.15, -0.1) is 0 Å². The van der Waals surface area contributed by atoms with Gasteiger partial charge in [0.2, 0.25) is 0 Å². The third-order valence-electron chi connectivity index (χ3n) is 3.34. The molecule has 0 radical (unpaired) electrons. The molecule has 0 bridgehead atoms. The van der Waals surface area contributed by atoms with Crippen molar-refractivity contribution in [2.24, 2.45) is 11.8 Å². The van der Waals surface area contributed by atoms with E-state index in [1.165, 1.54) is 0 Å². The zero-order valence-corrected chi connectivity index (χ0v) is 10.7. The molecule has 1 aromatic carbocycles. The molecule has 1 saturated heterocycles. The number of nitrogens with zero attached hydrogens (tertiary/aromatic N) is 1. The molecule has 1 aliphatic rings. The highest BCUT2D eigenvalue weighted by Gasteiger charge is 2.28. The Morgan fingerprint density at radius 2 is 2.11 bits per heavy atom. The van der Waals surface area contributed by atoms with Crippen molar-refractivity contribution < 1.29 is 9.53 Å². The van der Waals surface area contributed by atoms with Crippen LogP contribution in [0.2, 0.25) is 0 Å². The normalized spacial score (nSPS) is 25.0. The summed E-state index contributed by atoms with van der Waals surface area (Å²) in [6, 6.07) is 10.0. The van der Waals surface area contributed by atoms with Crippen LogP contribution < -0.4 is 5.84 Å². The van der Waals surface area contributed by atoms with E-state index in [-0.39, 0.29) is 17.8 Å². The summed E-state index contributed by atoms with van der Waals surface area (Å²) in [5, 5.41) is 1.69. The largest absolute Gasteiger partial charge is 0.372 e. The monoisotopic (exact) mass is 248 g/mol. The number of piperidine rings is 1. The first-order valence-corrected chi connectivity index (χ1v) is 6.31. The van der Waals surface area contributed by atoms with Gasteiger partial charge < -0.3 is 4.74 Å². The van der Waals surface area contributed by atoms with E-state index in [1.807, 2.05) is 30.3 Å². The molecule has 2 N–H and O–H groups in total. The number of hydrogen-bond acceptors (Lipinski definition) is 4. The van der Waals surface area contributed by atoms with Crippen molar-refractivity contribution >= 4 is 5.78 Å². The first kappa shape index (κ1) is 13.2. The number of Topliss-reactive ketones (excluding diaryl/α,β-unsaturated/α-hetero) is 1. The fourth-order valence-electron chi connectivity index (χ4n) is 2.29. The van der Waals surface area contributed by atoms with Crippen molar-refractivity contribution in [1.82, 2.24) is 5.01 Å². The smallest absolute Gasteiger partial charge is 0.134 e. The van der Waals surface area contributed by atoms with Crippen LogP contribution in [0.1, 0.15) is 18.9 Å². The van der Waals surface area contributed by atoms with Crippen LogP contribution in [0.15, 0.2) is 30.3 Å². The van der Waals surface area contributed by atoms with E-state index in [1.54, 1.807) is 11.9 Å². The van der Waals surface area contributed by atoms with Crippen LogP contribution in [-0.4, -0.2) is 30.0 Å². The van der Waals surface area contributed by atoms with E-state index in [4.69, 9.17) is 10.6 Å². The van der Waals surface area contributed by atoms with E-state index in [9.17, 15) is 4.79 Å². The molecule has 2 rings (SSSR count). The van der Waals surface area contributed by atoms with Gasteiger partial charge in [-0.1, -0.05) is 30.3 Å². The van der Waals surface area contributed by atoms with Gasteiger partial charge in [-0.25, -0.2) is 5.01 Å². The highest BCUT2D eigenvalue weighted by atomic mass is 16.5. The molecule has 4 heteroatoms. The highest BCUT2D eigenvalue weighted by Crippen LogP contribution is 2.19. The van der Waals surface area contributed by atoms with Gasteiger partial charge in [0.05, 0.1) is 12.7 Å². The molecule has 0 aromatic heterocycles. The van der Waals surface area contributed by atoms with Crippen LogP contribution in [0.4, 0.5) is 0 Å². The highest BCUT2D eigenvalue weighted by molar-refractivity contribution is 5.78. The number of hydrazine groups is 1. The van der Waals surface area contributed by atoms with Crippen molar-refractivity contribution in [3.05, 3.63) is 35.9 Å². The number of benzene rings is 1. The Labute approximate surface area is 108 Å². The lowest BCUT2D eigenvalue weighted by molar-refractivity contribution is -0.125. The van der Waals surface area contributed by atoms with Gasteiger partial charge in [-0.3, -0.25) is 10.6 Å². The molecule has 2 atom stereocenters. The van der Waals surface area contributed by atoms with Crippen molar-refractivity contribution in [3.63, 3.8) is 0 Å². The summed E-state index contributed by atoms with van der Waals surface area (Å²) in [5.41, 5.74) is 1.14. The maximum absolute atomic E-state index is 11.4. The molecule has 1 aliphatic heterocycles. The Morgan fingerprint density at radius 3 is 2.78 bits per heavy atom. The predicted molar refractivity (Wildman–Crippen MR) is 69.6 cm³/mol. The summed E-state index contributed by atoms with van der Waals surface area (Å²) in [6.07, 6.45) is 0.813. The van der Waals surface area contributed by atoms with Crippen LogP contribution >= 0.6 is 0 Å². The number of hydrogen-bond donors (Lipinski definition) is 1. The van der Waals surface area contributed by atoms with E-state index in [0.717, 1.165) is 12.0 Å². The lowest BCUT2D eigenvalue weighted by Gasteiger charge is -2.33. The Bertz CT molecular complexity index is 394. The SMILES string of the molecule is CC(=O)C1CC(OCc2ccccc2)CN(N)C1. The maximum atomic E-state index is 11.4. The number of carbonyl (C=O) groups is 1. The standard InChI is InChI=1S/C14H20N2O2/c1-11(17)13-7-14(9-16(15)8-13)18-10-12-5-3-2-4-6-12/h2-6,13-14H,7-10,15H2,1H3. The van der Waals surface area contributed by atoms with Gasteiger partial charge in [0, 0.05) is 19.0 Å². The Morgan fingerprint density at radius 1 is 1.39 bits per heavy atom. The minimum atomic E-state index is 0.00419. The summed E-state index contributed by atoms with van der Waals surface area (Å²) in [7, 11) is 0. The average molecular weight is 248 g/mol. The number of nitrogens with two attached hydrogens (primary N) is 1. The van der Waals surface area contributed by atoms with Gasteiger partial charge in [0.25, 0.3) is 0 Å². The summed E-state index contributed by atoms with van der Waals surface area (Å²) < 4.78 is 5.85. The Kier molecular flexibility index (Phi) is 4.47. The Hall–Kier alpha value is -1.23. The molecule has 0 aliphatic carbocycles. The molecular weight excluding hydrogens is 228 g/mol. The fraction of sp³-hybridized carbons (Fsp3) is 0.500. The summed E-state index contributed by atoms with van der Waals surface area (Å²) in [4.78, 5) is 11.4. The topological polar surface area (TPSA) is 55.6 Å². The molecular formula is C14H20N2O2. The molecule has 1 fully saturated rings. The van der Waals surface area contributed by atoms with Crippen molar-refractivity contribution in [1.29, 1.82) is 0 Å². The molecule has 2 unspecified atom stereocenters. The van der Waals surface area contributed by atoms with Gasteiger partial charge in [0.1, 0.15) is 5.78 Å². The van der Waals surface area contributed by atoms with Gasteiger partial charge in [-0.2, -0.15) is 0 Å². The van der Waals surface area contributed by atoms with Crippen molar-refractivity contribution in [2.45, 2.75) is 26.1 Å². The maximum Gasteiger partial charge on any atom is 0.134 e. The summed E-state index contributed by atoms with van der Waals surface area (Å²) in [6.45, 7) is 3.53. The average Bonchev–Trinajstić information content (AvgIpc) is 2.37. The molecule has 18 heavy (non-hydrogen) atoms. The Balaban J connectivity index is 1.87. The molecule has 0 amide bonds. The first-order chi connectivity index (χ1) is 8.65. The molecule has 1 aromatic rings. The second kappa shape index (κ2) is 6.09. The predicted octanol–water partition coefficient (Wildman–Crippen LogP) is 1.36. The second-order valence-electron chi connectivity index (χ2n) is 4.92. The van der Waals surface area contributed by atoms with Crippen LogP contribution in [0.3, 0.4) is 0 Å². The third-order valence-corrected chi connectivity index (χ3v) is 3.34. The minimum Gasteiger partial charge on any atom is -0.372 e. The third kappa shape index (κ3) is 3.63. The number of rotatable bonds is 4. The van der Waals surface area contributed by atoms with E-state index < -0.39 is 0 Å². The van der Waals surface area contributed by atoms with Crippen LogP contribution in [0.25, 0.3) is 0 Å². The van der Waals surface area contributed by atoms with Crippen molar-refractivity contribution in [3.8, 4) is 0 Å². The summed E-state index contributed by atoms with van der Waals surface area (Å²) >= 11 is 0. The van der Waals surface area contributed by atoms with Gasteiger partial charge in [0.15, 0.2) is 0 Å². The van der Waals surface area contributed by atoms with Crippen molar-refractivity contribution in [2.75, 3.05) is 13.1 Å². The number of carbonyl (C=O) groups excluding carboxylic acids is 1. The quantitative estimate of drug-likeness (QED) is 0.817. The molecule has 98 valence electrons. The fourth-order valence-corrected chi connectivity index (χ4v) is 2.29. The minimum absolute atomic E-state index is 0.00419. The van der Waals surface area contributed by atoms with E-state index in [2.05, 4.69) is 0 Å². The molecule has 1 heterocycles. The van der Waals surface area contributed by atoms with Crippen LogP contribution in [-0.2, 0) is 16.1 Å². The molecule has 0 spiro atoms. The zero-order valence-electron chi connectivity index (χ0n) is 10.7. The first-order valence-electron chi connectivity index (χ1n) is 6.31. The second-order valence-corrected chi connectivity index (χ2v) is 4.92. The molecule has 4 nitrogen and oxygen atoms in total. The number of ketones is 1. The van der Waals surface area contributed by atoms with Gasteiger partial charge >= 0.3 is 0 Å². The van der Waals surface area contributed by atoms with E-state index in [0.29, 0.717) is 19.7 Å². The summed E-state index contributed by atoms with van der Waals surface area (Å²) in [5.74, 6) is 6.02. The van der Waals surface area contributed by atoms with E-state index >= 15 is 0 Å². The lowest BCUT2D eigenvalue weighted by Crippen LogP contribution is -2.49.